The Balaban J connectivity index is 1.56. The zero-order valence-electron chi connectivity index (χ0n) is 16.2. The Kier molecular flexibility index (Phi) is 4.44. The molecule has 26 heavy (non-hydrogen) atoms. The van der Waals surface area contributed by atoms with E-state index < -0.39 is 5.60 Å². The summed E-state index contributed by atoms with van der Waals surface area (Å²) in [5, 5.41) is 11.3. The van der Waals surface area contributed by atoms with Crippen molar-refractivity contribution in [3.63, 3.8) is 0 Å². The largest absolute Gasteiger partial charge is 0.458 e. The van der Waals surface area contributed by atoms with Crippen molar-refractivity contribution >= 4 is 5.97 Å². The van der Waals surface area contributed by atoms with Crippen LogP contribution in [-0.2, 0) is 9.53 Å². The Labute approximate surface area is 157 Å². The van der Waals surface area contributed by atoms with E-state index in [0.29, 0.717) is 17.8 Å². The van der Waals surface area contributed by atoms with E-state index in [-0.39, 0.29) is 17.5 Å². The molecule has 0 bridgehead atoms. The SMILES string of the molecule is C=C=C[C@]1(O)CC[C@H]2[C@@H]3CCC4=C[C@@H](OC(C)=O)CC[C@@H]4[C@H]3CC[C@@]21C. The van der Waals surface area contributed by atoms with Gasteiger partial charge in [-0.25, -0.2) is 0 Å². The van der Waals surface area contributed by atoms with Crippen LogP contribution in [0.4, 0.5) is 0 Å². The summed E-state index contributed by atoms with van der Waals surface area (Å²) in [5.74, 6) is 2.54. The van der Waals surface area contributed by atoms with E-state index >= 15 is 0 Å². The van der Waals surface area contributed by atoms with Crippen LogP contribution in [0.3, 0.4) is 0 Å². The molecule has 3 fully saturated rings. The van der Waals surface area contributed by atoms with Gasteiger partial charge in [-0.1, -0.05) is 19.1 Å². The number of allylic oxidation sites excluding steroid dienone is 1. The fourth-order valence-corrected chi connectivity index (χ4v) is 7.06. The highest BCUT2D eigenvalue weighted by atomic mass is 16.5. The first kappa shape index (κ1) is 18.1. The Hall–Kier alpha value is -1.31. The fourth-order valence-electron chi connectivity index (χ4n) is 7.06. The molecule has 3 heteroatoms. The van der Waals surface area contributed by atoms with E-state index in [1.807, 2.05) is 6.08 Å². The Morgan fingerprint density at radius 1 is 1.27 bits per heavy atom. The second kappa shape index (κ2) is 6.39. The predicted molar refractivity (Wildman–Crippen MR) is 101 cm³/mol. The number of carbonyl (C=O) groups is 1. The fraction of sp³-hybridized carbons (Fsp3) is 0.739. The Bertz CT molecular complexity index is 673. The monoisotopic (exact) mass is 356 g/mol. The molecule has 4 aliphatic carbocycles. The lowest BCUT2D eigenvalue weighted by Gasteiger charge is -2.55. The van der Waals surface area contributed by atoms with Crippen molar-refractivity contribution in [1.29, 1.82) is 0 Å². The van der Waals surface area contributed by atoms with E-state index in [9.17, 15) is 9.90 Å². The van der Waals surface area contributed by atoms with Gasteiger partial charge >= 0.3 is 5.97 Å². The first-order valence-electron chi connectivity index (χ1n) is 10.3. The van der Waals surface area contributed by atoms with Crippen molar-refractivity contribution in [3.05, 3.63) is 30.0 Å². The van der Waals surface area contributed by atoms with E-state index in [2.05, 4.69) is 25.3 Å². The maximum atomic E-state index is 11.3. The maximum Gasteiger partial charge on any atom is 0.303 e. The summed E-state index contributed by atoms with van der Waals surface area (Å²) in [5.41, 5.74) is 3.64. The van der Waals surface area contributed by atoms with Crippen LogP contribution in [0.25, 0.3) is 0 Å². The molecule has 3 nitrogen and oxygen atoms in total. The highest BCUT2D eigenvalue weighted by Crippen LogP contribution is 2.65. The lowest BCUT2D eigenvalue weighted by atomic mass is 9.50. The summed E-state index contributed by atoms with van der Waals surface area (Å²) in [4.78, 5) is 11.3. The number of carbonyl (C=O) groups excluding carboxylic acids is 1. The molecule has 0 radical (unpaired) electrons. The number of rotatable bonds is 2. The molecule has 3 saturated carbocycles. The van der Waals surface area contributed by atoms with Crippen molar-refractivity contribution in [2.45, 2.75) is 76.9 Å². The van der Waals surface area contributed by atoms with Gasteiger partial charge < -0.3 is 9.84 Å². The standard InChI is InChI=1S/C23H32O3/c1-4-11-23(25)13-10-21-20-7-5-16-14-17(26-15(2)24)6-8-18(16)19(20)9-12-22(21,23)3/h11,14,17-21,25H,1,5-10,12-13H2,2-3H3/t17-,18-,19+,20+,21-,22-,23-/m0/s1. The third-order valence-electron chi connectivity index (χ3n) is 8.29. The zero-order valence-corrected chi connectivity index (χ0v) is 16.2. The van der Waals surface area contributed by atoms with Gasteiger partial charge in [0.25, 0.3) is 0 Å². The van der Waals surface area contributed by atoms with E-state index in [1.54, 1.807) is 0 Å². The lowest BCUT2D eigenvalue weighted by molar-refractivity contribution is -0.145. The smallest absolute Gasteiger partial charge is 0.303 e. The van der Waals surface area contributed by atoms with E-state index in [1.165, 1.54) is 25.3 Å². The van der Waals surface area contributed by atoms with Gasteiger partial charge in [0.1, 0.15) is 6.10 Å². The molecule has 1 N–H and O–H groups in total. The van der Waals surface area contributed by atoms with Crippen molar-refractivity contribution in [2.75, 3.05) is 0 Å². The summed E-state index contributed by atoms with van der Waals surface area (Å²) >= 11 is 0. The van der Waals surface area contributed by atoms with Crippen LogP contribution < -0.4 is 0 Å². The van der Waals surface area contributed by atoms with Gasteiger partial charge in [-0.15, -0.1) is 5.73 Å². The van der Waals surface area contributed by atoms with Gasteiger partial charge in [-0.05, 0) is 87.2 Å². The Morgan fingerprint density at radius 2 is 2.08 bits per heavy atom. The van der Waals surface area contributed by atoms with Crippen LogP contribution in [0, 0.1) is 29.1 Å². The van der Waals surface area contributed by atoms with Gasteiger partial charge in [0, 0.05) is 12.3 Å². The third kappa shape index (κ3) is 2.63. The molecule has 4 aliphatic rings. The van der Waals surface area contributed by atoms with Crippen LogP contribution in [0.2, 0.25) is 0 Å². The average molecular weight is 357 g/mol. The second-order valence-electron chi connectivity index (χ2n) is 9.31. The molecular weight excluding hydrogens is 324 g/mol. The van der Waals surface area contributed by atoms with Crippen molar-refractivity contribution in [2.24, 2.45) is 29.1 Å². The normalized spacial score (nSPS) is 46.9. The molecule has 0 aromatic rings. The topological polar surface area (TPSA) is 46.5 Å². The van der Waals surface area contributed by atoms with Crippen LogP contribution in [0.15, 0.2) is 30.0 Å². The molecule has 0 unspecified atom stereocenters. The van der Waals surface area contributed by atoms with E-state index in [0.717, 1.165) is 44.4 Å². The van der Waals surface area contributed by atoms with Gasteiger partial charge in [0.2, 0.25) is 0 Å². The molecule has 0 aliphatic heterocycles. The van der Waals surface area contributed by atoms with Crippen LogP contribution >= 0.6 is 0 Å². The number of aliphatic hydroxyl groups is 1. The van der Waals surface area contributed by atoms with Crippen molar-refractivity contribution < 1.29 is 14.6 Å². The zero-order chi connectivity index (χ0) is 18.5. The molecule has 4 rings (SSSR count). The summed E-state index contributed by atoms with van der Waals surface area (Å²) in [6.07, 6.45) is 12.8. The number of ether oxygens (including phenoxy) is 1. The van der Waals surface area contributed by atoms with Gasteiger partial charge in [0.05, 0.1) is 5.60 Å². The average Bonchev–Trinajstić information content (AvgIpc) is 2.85. The molecule has 142 valence electrons. The summed E-state index contributed by atoms with van der Waals surface area (Å²) < 4.78 is 5.45. The van der Waals surface area contributed by atoms with E-state index in [4.69, 9.17) is 4.74 Å². The van der Waals surface area contributed by atoms with Crippen molar-refractivity contribution in [3.8, 4) is 0 Å². The van der Waals surface area contributed by atoms with Gasteiger partial charge in [-0.3, -0.25) is 4.79 Å². The molecule has 0 saturated heterocycles. The lowest BCUT2D eigenvalue weighted by Crippen LogP contribution is -2.52. The quantitative estimate of drug-likeness (QED) is 0.448. The molecule has 0 aromatic carbocycles. The first-order valence-corrected chi connectivity index (χ1v) is 10.3. The molecule has 7 atom stereocenters. The molecule has 0 spiro atoms. The highest BCUT2D eigenvalue weighted by molar-refractivity contribution is 5.66. The van der Waals surface area contributed by atoms with Gasteiger partial charge in [0.15, 0.2) is 0 Å². The molecule has 0 amide bonds. The minimum Gasteiger partial charge on any atom is -0.458 e. The minimum atomic E-state index is -0.729. The van der Waals surface area contributed by atoms with Crippen LogP contribution in [0.5, 0.6) is 0 Å². The summed E-state index contributed by atoms with van der Waals surface area (Å²) in [7, 11) is 0. The number of esters is 1. The maximum absolute atomic E-state index is 11.3. The highest BCUT2D eigenvalue weighted by Gasteiger charge is 2.61. The number of fused-ring (bicyclic) bond motifs is 5. The van der Waals surface area contributed by atoms with Crippen molar-refractivity contribution in [1.82, 2.24) is 0 Å². The second-order valence-corrected chi connectivity index (χ2v) is 9.31. The van der Waals surface area contributed by atoms with Crippen LogP contribution in [-0.4, -0.2) is 22.8 Å². The predicted octanol–water partition coefficient (Wildman–Crippen LogP) is 4.56. The molecule has 0 heterocycles. The minimum absolute atomic E-state index is 0.0153. The summed E-state index contributed by atoms with van der Waals surface area (Å²) in [6, 6.07) is 0. The van der Waals surface area contributed by atoms with Gasteiger partial charge in [-0.2, -0.15) is 0 Å². The first-order chi connectivity index (χ1) is 12.4. The van der Waals surface area contributed by atoms with Crippen LogP contribution in [0.1, 0.15) is 65.2 Å². The molecular formula is C23H32O3. The Morgan fingerprint density at radius 3 is 2.81 bits per heavy atom. The number of hydrogen-bond donors (Lipinski definition) is 1. The summed E-state index contributed by atoms with van der Waals surface area (Å²) in [6.45, 7) is 7.52. The number of hydrogen-bond acceptors (Lipinski definition) is 3. The molecule has 0 aromatic heterocycles. The third-order valence-corrected chi connectivity index (χ3v) is 8.29.